The lowest BCUT2D eigenvalue weighted by atomic mass is 10.0. The smallest absolute Gasteiger partial charge is 0.336 e. The molecule has 2 aromatic carbocycles. The Morgan fingerprint density at radius 1 is 1.11 bits per heavy atom. The summed E-state index contributed by atoms with van der Waals surface area (Å²) in [7, 11) is -1.34. The second-order valence-corrected chi connectivity index (χ2v) is 6.12. The topological polar surface area (TPSA) is 108 Å². The third-order valence-corrected chi connectivity index (χ3v) is 4.46. The molecule has 8 heteroatoms. The first-order valence-corrected chi connectivity index (χ1v) is 8.31. The number of fused-ring (bicyclic) bond motifs is 3. The first kappa shape index (κ1) is 14.6. The summed E-state index contributed by atoms with van der Waals surface area (Å²) in [6.07, 6.45) is -1.86. The van der Waals surface area contributed by atoms with Gasteiger partial charge in [0.15, 0.2) is 35.0 Å². The maximum absolute atomic E-state index is 11.7. The summed E-state index contributed by atoms with van der Waals surface area (Å²) in [4.78, 5) is 11.7. The molecular weight excluding hydrogens is 368 g/mol. The second-order valence-electron chi connectivity index (χ2n) is 6.12. The van der Waals surface area contributed by atoms with Gasteiger partial charge >= 0.3 is 5.63 Å². The van der Waals surface area contributed by atoms with E-state index in [0.717, 1.165) is 0 Å². The van der Waals surface area contributed by atoms with Gasteiger partial charge in [-0.2, -0.15) is 0 Å². The normalized spacial score (nSPS) is 20.1. The van der Waals surface area contributed by atoms with Crippen LogP contribution in [0, 0.1) is 0 Å². The molecule has 1 aromatic heterocycles. The van der Waals surface area contributed by atoms with Gasteiger partial charge in [-0.15, -0.1) is 0 Å². The number of methoxy groups -OCH3 is 2. The molecule has 0 unspecified atom stereocenters. The molecule has 0 spiro atoms. The Labute approximate surface area is 163 Å². The number of hydrogen-bond acceptors (Lipinski definition) is 8. The molecule has 1 aliphatic rings. The second kappa shape index (κ2) is 6.97. The van der Waals surface area contributed by atoms with Crippen molar-refractivity contribution in [2.75, 3.05) is 20.8 Å². The van der Waals surface area contributed by atoms with E-state index in [0.29, 0.717) is 16.7 Å². The van der Waals surface area contributed by atoms with Crippen molar-refractivity contribution in [3.05, 3.63) is 52.4 Å². The fraction of sp³-hybridized carbons (Fsp3) is 0.250. The maximum atomic E-state index is 11.7. The van der Waals surface area contributed by atoms with Crippen molar-refractivity contribution in [2.24, 2.45) is 0 Å². The molecule has 2 N–H and O–H groups in total. The van der Waals surface area contributed by atoms with E-state index in [1.54, 1.807) is 12.1 Å². The lowest BCUT2D eigenvalue weighted by molar-refractivity contribution is -0.0135. The monoisotopic (exact) mass is 389 g/mol. The SMILES string of the molecule is [2H]C([2H])([2H])Oc1cc([C@H]2Oc3c(OC)cc4ccc(=O)oc4c3O[C@@H]2CO)ccc1O. The van der Waals surface area contributed by atoms with Crippen molar-refractivity contribution in [3.8, 4) is 28.7 Å². The Kier molecular flexibility index (Phi) is 3.65. The Bertz CT molecular complexity index is 1190. The van der Waals surface area contributed by atoms with Crippen LogP contribution in [0.5, 0.6) is 28.7 Å². The standard InChI is InChI=1S/C20H18O8/c1-24-13-7-10(3-5-12(13)22)17-15(9-21)26-20-18-11(4-6-16(23)27-18)8-14(25-2)19(20)28-17/h3-8,15,17,21-22H,9H2,1-2H3/t15-,17-/m1/s1/i1D3. The van der Waals surface area contributed by atoms with Crippen molar-refractivity contribution >= 4 is 11.0 Å². The largest absolute Gasteiger partial charge is 0.504 e. The van der Waals surface area contributed by atoms with Crippen LogP contribution in [-0.2, 0) is 0 Å². The van der Waals surface area contributed by atoms with Crippen LogP contribution in [0.2, 0.25) is 0 Å². The number of aliphatic hydroxyl groups is 1. The Morgan fingerprint density at radius 2 is 1.96 bits per heavy atom. The van der Waals surface area contributed by atoms with Crippen molar-refractivity contribution in [3.63, 3.8) is 0 Å². The number of hydrogen-bond donors (Lipinski definition) is 2. The van der Waals surface area contributed by atoms with E-state index in [-0.39, 0.29) is 28.6 Å². The summed E-state index contributed by atoms with van der Waals surface area (Å²) >= 11 is 0. The van der Waals surface area contributed by atoms with Gasteiger partial charge in [0, 0.05) is 17.0 Å². The van der Waals surface area contributed by atoms with Gasteiger partial charge < -0.3 is 33.6 Å². The van der Waals surface area contributed by atoms with Crippen LogP contribution in [0.25, 0.3) is 11.0 Å². The fourth-order valence-corrected chi connectivity index (χ4v) is 3.13. The minimum Gasteiger partial charge on any atom is -0.504 e. The molecule has 3 aromatic rings. The van der Waals surface area contributed by atoms with Crippen LogP contribution in [0.15, 0.2) is 45.6 Å². The molecule has 2 atom stereocenters. The number of aliphatic hydroxyl groups excluding tert-OH is 1. The van der Waals surface area contributed by atoms with Gasteiger partial charge in [0.25, 0.3) is 0 Å². The maximum Gasteiger partial charge on any atom is 0.336 e. The summed E-state index contributed by atoms with van der Waals surface area (Å²) in [5.41, 5.74) is -0.0770. The van der Waals surface area contributed by atoms with Crippen molar-refractivity contribution in [2.45, 2.75) is 12.2 Å². The summed E-state index contributed by atoms with van der Waals surface area (Å²) in [6.45, 7) is -0.476. The highest BCUT2D eigenvalue weighted by atomic mass is 16.6. The molecule has 0 radical (unpaired) electrons. The van der Waals surface area contributed by atoms with Gasteiger partial charge in [-0.3, -0.25) is 0 Å². The molecule has 0 saturated heterocycles. The van der Waals surface area contributed by atoms with Crippen LogP contribution < -0.4 is 24.6 Å². The summed E-state index contributed by atoms with van der Waals surface area (Å²) in [5, 5.41) is 20.4. The van der Waals surface area contributed by atoms with E-state index in [2.05, 4.69) is 0 Å². The van der Waals surface area contributed by atoms with Gasteiger partial charge in [0.2, 0.25) is 11.5 Å². The van der Waals surface area contributed by atoms with Gasteiger partial charge in [0.1, 0.15) is 0 Å². The van der Waals surface area contributed by atoms with Gasteiger partial charge in [-0.1, -0.05) is 6.07 Å². The average molecular weight is 389 g/mol. The summed E-state index contributed by atoms with van der Waals surface area (Å²) < 4.78 is 49.2. The van der Waals surface area contributed by atoms with E-state index in [4.69, 9.17) is 27.5 Å². The Morgan fingerprint density at radius 3 is 2.71 bits per heavy atom. The number of phenols is 1. The van der Waals surface area contributed by atoms with Crippen molar-refractivity contribution in [1.82, 2.24) is 0 Å². The minimum absolute atomic E-state index is 0.0973. The molecular formula is C20H18O8. The predicted molar refractivity (Wildman–Crippen MR) is 98.6 cm³/mol. The third-order valence-electron chi connectivity index (χ3n) is 4.46. The zero-order chi connectivity index (χ0) is 22.3. The van der Waals surface area contributed by atoms with Crippen LogP contribution in [0.3, 0.4) is 0 Å². The summed E-state index contributed by atoms with van der Waals surface area (Å²) in [5.74, 6) is -0.107. The van der Waals surface area contributed by atoms with Gasteiger partial charge in [-0.25, -0.2) is 4.79 Å². The van der Waals surface area contributed by atoms with E-state index in [1.807, 2.05) is 0 Å². The highest BCUT2D eigenvalue weighted by Gasteiger charge is 2.37. The number of rotatable bonds is 4. The van der Waals surface area contributed by atoms with E-state index in [9.17, 15) is 15.0 Å². The number of benzene rings is 2. The molecule has 146 valence electrons. The van der Waals surface area contributed by atoms with Crippen molar-refractivity contribution in [1.29, 1.82) is 0 Å². The molecule has 0 aliphatic carbocycles. The molecule has 2 heterocycles. The Hall–Kier alpha value is -3.39. The molecule has 1 aliphatic heterocycles. The first-order valence-electron chi connectivity index (χ1n) is 9.81. The molecule has 0 amide bonds. The Balaban J connectivity index is 1.82. The van der Waals surface area contributed by atoms with Gasteiger partial charge in [0.05, 0.1) is 24.9 Å². The summed E-state index contributed by atoms with van der Waals surface area (Å²) in [6, 6.07) is 8.43. The lowest BCUT2D eigenvalue weighted by Gasteiger charge is -2.34. The van der Waals surface area contributed by atoms with Crippen LogP contribution >= 0.6 is 0 Å². The number of aromatic hydroxyl groups is 1. The predicted octanol–water partition coefficient (Wildman–Crippen LogP) is 2.39. The van der Waals surface area contributed by atoms with E-state index < -0.39 is 31.5 Å². The van der Waals surface area contributed by atoms with E-state index in [1.165, 1.54) is 31.4 Å². The van der Waals surface area contributed by atoms with Crippen LogP contribution in [-0.4, -0.2) is 37.1 Å². The quantitative estimate of drug-likeness (QED) is 0.655. The molecule has 4 rings (SSSR count). The molecule has 0 fully saturated rings. The fourth-order valence-electron chi connectivity index (χ4n) is 3.13. The van der Waals surface area contributed by atoms with Gasteiger partial charge in [-0.05, 0) is 24.3 Å². The van der Waals surface area contributed by atoms with E-state index >= 15 is 0 Å². The number of phenolic OH excluding ortho intramolecular Hbond substituents is 1. The molecule has 8 nitrogen and oxygen atoms in total. The molecule has 28 heavy (non-hydrogen) atoms. The molecule has 0 saturated carbocycles. The highest BCUT2D eigenvalue weighted by Crippen LogP contribution is 2.49. The average Bonchev–Trinajstić information content (AvgIpc) is 2.73. The van der Waals surface area contributed by atoms with Crippen LogP contribution in [0.1, 0.15) is 15.8 Å². The first-order chi connectivity index (χ1) is 14.7. The number of ether oxygens (including phenoxy) is 4. The zero-order valence-electron chi connectivity index (χ0n) is 17.7. The zero-order valence-corrected chi connectivity index (χ0v) is 14.7. The van der Waals surface area contributed by atoms with Crippen LogP contribution in [0.4, 0.5) is 0 Å². The highest BCUT2D eigenvalue weighted by molar-refractivity contribution is 5.88. The third kappa shape index (κ3) is 2.87. The minimum atomic E-state index is -2.78. The molecule has 0 bridgehead atoms. The lowest BCUT2D eigenvalue weighted by Crippen LogP contribution is -2.36. The van der Waals surface area contributed by atoms with Crippen molar-refractivity contribution < 1.29 is 37.7 Å².